The van der Waals surface area contributed by atoms with Crippen LogP contribution in [0.1, 0.15) is 31.1 Å². The minimum absolute atomic E-state index is 0.135. The fourth-order valence-electron chi connectivity index (χ4n) is 1.25. The average Bonchev–Trinajstić information content (AvgIpc) is 2.25. The van der Waals surface area contributed by atoms with Crippen molar-refractivity contribution in [2.24, 2.45) is 0 Å². The number of nitrogens with one attached hydrogen (secondary N) is 3. The zero-order valence-corrected chi connectivity index (χ0v) is 11.1. The summed E-state index contributed by atoms with van der Waals surface area (Å²) in [6, 6.07) is 1.69. The Labute approximate surface area is 110 Å². The second kappa shape index (κ2) is 6.20. The number of hydrogen-bond acceptors (Lipinski definition) is 4. The van der Waals surface area contributed by atoms with Gasteiger partial charge in [0.1, 0.15) is 5.15 Å². The van der Waals surface area contributed by atoms with Gasteiger partial charge >= 0.3 is 0 Å². The van der Waals surface area contributed by atoms with Gasteiger partial charge in [-0.3, -0.25) is 20.4 Å². The summed E-state index contributed by atoms with van der Waals surface area (Å²) in [6.45, 7) is 5.17. The van der Waals surface area contributed by atoms with E-state index in [1.807, 2.05) is 13.8 Å². The first-order valence-electron chi connectivity index (χ1n) is 5.39. The van der Waals surface area contributed by atoms with E-state index in [1.165, 1.54) is 13.1 Å². The summed E-state index contributed by atoms with van der Waals surface area (Å²) in [6.07, 6.45) is 1.35. The SMILES string of the molecule is CC(=O)NNC(=O)c1cnc(Cl)cc1NC(C)C. The number of nitrogens with zero attached hydrogens (tertiary/aromatic N) is 1. The molecule has 0 atom stereocenters. The maximum Gasteiger partial charge on any atom is 0.273 e. The number of halogens is 1. The van der Waals surface area contributed by atoms with Crippen LogP contribution in [0.2, 0.25) is 5.15 Å². The fourth-order valence-corrected chi connectivity index (χ4v) is 1.41. The van der Waals surface area contributed by atoms with Crippen molar-refractivity contribution in [2.45, 2.75) is 26.8 Å². The monoisotopic (exact) mass is 270 g/mol. The Morgan fingerprint density at radius 3 is 2.56 bits per heavy atom. The zero-order chi connectivity index (χ0) is 13.7. The number of rotatable bonds is 3. The lowest BCUT2D eigenvalue weighted by molar-refractivity contribution is -0.119. The number of aromatic nitrogens is 1. The molecule has 0 bridgehead atoms. The van der Waals surface area contributed by atoms with Crippen molar-refractivity contribution in [1.29, 1.82) is 0 Å². The minimum Gasteiger partial charge on any atom is -0.382 e. The van der Waals surface area contributed by atoms with E-state index in [9.17, 15) is 9.59 Å². The predicted octanol–water partition coefficient (Wildman–Crippen LogP) is 1.34. The number of hydrogen-bond donors (Lipinski definition) is 3. The van der Waals surface area contributed by atoms with E-state index >= 15 is 0 Å². The van der Waals surface area contributed by atoms with Gasteiger partial charge in [-0.25, -0.2) is 4.98 Å². The predicted molar refractivity (Wildman–Crippen MR) is 69.3 cm³/mol. The molecule has 0 aliphatic carbocycles. The molecule has 1 rings (SSSR count). The summed E-state index contributed by atoms with van der Waals surface area (Å²) in [4.78, 5) is 26.4. The largest absolute Gasteiger partial charge is 0.382 e. The molecule has 0 fully saturated rings. The molecular formula is C11H15ClN4O2. The number of pyridine rings is 1. The van der Waals surface area contributed by atoms with Crippen LogP contribution in [-0.2, 0) is 4.79 Å². The second-order valence-electron chi connectivity index (χ2n) is 3.99. The first-order valence-corrected chi connectivity index (χ1v) is 5.77. The molecule has 0 saturated carbocycles. The molecule has 3 N–H and O–H groups in total. The Balaban J connectivity index is 2.92. The van der Waals surface area contributed by atoms with Crippen LogP contribution in [0.4, 0.5) is 5.69 Å². The Morgan fingerprint density at radius 2 is 2.00 bits per heavy atom. The van der Waals surface area contributed by atoms with Gasteiger partial charge in [0.25, 0.3) is 5.91 Å². The Morgan fingerprint density at radius 1 is 1.33 bits per heavy atom. The standard InChI is InChI=1S/C11H15ClN4O2/c1-6(2)14-9-4-10(12)13-5-8(9)11(18)16-15-7(3)17/h4-6H,1-3H3,(H,13,14)(H,15,17)(H,16,18). The van der Waals surface area contributed by atoms with Gasteiger partial charge in [-0.1, -0.05) is 11.6 Å². The molecule has 0 aliphatic rings. The van der Waals surface area contributed by atoms with Gasteiger partial charge in [-0.2, -0.15) is 0 Å². The van der Waals surface area contributed by atoms with Crippen molar-refractivity contribution < 1.29 is 9.59 Å². The van der Waals surface area contributed by atoms with Crippen molar-refractivity contribution in [2.75, 3.05) is 5.32 Å². The molecule has 0 aliphatic heterocycles. The molecule has 7 heteroatoms. The molecular weight excluding hydrogens is 256 g/mol. The molecule has 1 heterocycles. The lowest BCUT2D eigenvalue weighted by atomic mass is 10.2. The summed E-state index contributed by atoms with van der Waals surface area (Å²) < 4.78 is 0. The Hall–Kier alpha value is -1.82. The molecule has 1 aromatic rings. The molecule has 1 aromatic heterocycles. The number of carbonyl (C=O) groups excluding carboxylic acids is 2. The van der Waals surface area contributed by atoms with Crippen LogP contribution in [-0.4, -0.2) is 22.8 Å². The van der Waals surface area contributed by atoms with Crippen molar-refractivity contribution in [3.8, 4) is 0 Å². The van der Waals surface area contributed by atoms with Gasteiger partial charge in [-0.15, -0.1) is 0 Å². The third kappa shape index (κ3) is 4.21. The van der Waals surface area contributed by atoms with Crippen molar-refractivity contribution >= 4 is 29.1 Å². The first kappa shape index (κ1) is 14.2. The summed E-state index contributed by atoms with van der Waals surface area (Å²) in [5.41, 5.74) is 5.35. The van der Waals surface area contributed by atoms with Gasteiger partial charge in [0.2, 0.25) is 5.91 Å². The zero-order valence-electron chi connectivity index (χ0n) is 10.4. The van der Waals surface area contributed by atoms with Crippen molar-refractivity contribution in [3.05, 3.63) is 23.0 Å². The van der Waals surface area contributed by atoms with E-state index in [0.29, 0.717) is 11.3 Å². The molecule has 0 spiro atoms. The lowest BCUT2D eigenvalue weighted by Gasteiger charge is -2.14. The number of amides is 2. The third-order valence-electron chi connectivity index (χ3n) is 1.91. The molecule has 18 heavy (non-hydrogen) atoms. The highest BCUT2D eigenvalue weighted by Gasteiger charge is 2.13. The second-order valence-corrected chi connectivity index (χ2v) is 4.37. The highest BCUT2D eigenvalue weighted by molar-refractivity contribution is 6.29. The van der Waals surface area contributed by atoms with E-state index in [1.54, 1.807) is 6.07 Å². The average molecular weight is 271 g/mol. The van der Waals surface area contributed by atoms with E-state index in [2.05, 4.69) is 21.2 Å². The summed E-state index contributed by atoms with van der Waals surface area (Å²) in [7, 11) is 0. The number of carbonyl (C=O) groups is 2. The molecule has 0 radical (unpaired) electrons. The summed E-state index contributed by atoms with van der Waals surface area (Å²) in [5.74, 6) is -0.818. The van der Waals surface area contributed by atoms with Gasteiger partial charge in [0, 0.05) is 19.2 Å². The highest BCUT2D eigenvalue weighted by Crippen LogP contribution is 2.19. The Bertz CT molecular complexity index is 462. The lowest BCUT2D eigenvalue weighted by Crippen LogP contribution is -2.40. The van der Waals surface area contributed by atoms with Crippen LogP contribution in [0, 0.1) is 0 Å². The van der Waals surface area contributed by atoms with Crippen LogP contribution in [0.25, 0.3) is 0 Å². The first-order chi connectivity index (χ1) is 8.40. The maximum absolute atomic E-state index is 11.8. The highest BCUT2D eigenvalue weighted by atomic mass is 35.5. The molecule has 2 amide bonds. The molecule has 0 saturated heterocycles. The molecule has 98 valence electrons. The number of anilines is 1. The topological polar surface area (TPSA) is 83.1 Å². The molecule has 0 unspecified atom stereocenters. The van der Waals surface area contributed by atoms with Crippen molar-refractivity contribution in [1.82, 2.24) is 15.8 Å². The van der Waals surface area contributed by atoms with Crippen LogP contribution >= 0.6 is 11.6 Å². The van der Waals surface area contributed by atoms with Crippen LogP contribution < -0.4 is 16.2 Å². The van der Waals surface area contributed by atoms with E-state index < -0.39 is 5.91 Å². The van der Waals surface area contributed by atoms with E-state index in [0.717, 1.165) is 0 Å². The minimum atomic E-state index is -0.461. The fraction of sp³-hybridized carbons (Fsp3) is 0.364. The number of hydrazine groups is 1. The van der Waals surface area contributed by atoms with E-state index in [-0.39, 0.29) is 17.1 Å². The maximum atomic E-state index is 11.8. The summed E-state index contributed by atoms with van der Waals surface area (Å²) >= 11 is 5.78. The molecule has 6 nitrogen and oxygen atoms in total. The smallest absolute Gasteiger partial charge is 0.273 e. The normalized spacial score (nSPS) is 10.1. The summed E-state index contributed by atoms with van der Waals surface area (Å²) in [5, 5.41) is 3.37. The van der Waals surface area contributed by atoms with Crippen LogP contribution in [0.3, 0.4) is 0 Å². The van der Waals surface area contributed by atoms with Crippen LogP contribution in [0.5, 0.6) is 0 Å². The third-order valence-corrected chi connectivity index (χ3v) is 2.12. The van der Waals surface area contributed by atoms with Crippen molar-refractivity contribution in [3.63, 3.8) is 0 Å². The van der Waals surface area contributed by atoms with Gasteiger partial charge in [0.15, 0.2) is 0 Å². The van der Waals surface area contributed by atoms with E-state index in [4.69, 9.17) is 11.6 Å². The Kier molecular flexibility index (Phi) is 4.91. The van der Waals surface area contributed by atoms with Gasteiger partial charge in [-0.05, 0) is 19.9 Å². The quantitative estimate of drug-likeness (QED) is 0.572. The van der Waals surface area contributed by atoms with Gasteiger partial charge in [0.05, 0.1) is 11.3 Å². The van der Waals surface area contributed by atoms with Crippen LogP contribution in [0.15, 0.2) is 12.3 Å². The molecule has 0 aromatic carbocycles. The van der Waals surface area contributed by atoms with Gasteiger partial charge < -0.3 is 5.32 Å².